The molecule has 0 radical (unpaired) electrons. The van der Waals surface area contributed by atoms with E-state index >= 15 is 0 Å². The Balaban J connectivity index is 2.31. The summed E-state index contributed by atoms with van der Waals surface area (Å²) >= 11 is 0. The van der Waals surface area contributed by atoms with Crippen molar-refractivity contribution in [1.29, 1.82) is 0 Å². The molecule has 0 aliphatic carbocycles. The van der Waals surface area contributed by atoms with Crippen LogP contribution in [0.5, 0.6) is 0 Å². The number of benzene rings is 1. The van der Waals surface area contributed by atoms with E-state index in [0.29, 0.717) is 0 Å². The Morgan fingerprint density at radius 3 is 2.67 bits per heavy atom. The Hall–Kier alpha value is -2.16. The fourth-order valence-electron chi connectivity index (χ4n) is 1.69. The number of fused-ring (bicyclic) bond motifs is 1. The molecule has 0 spiro atoms. The van der Waals surface area contributed by atoms with Crippen LogP contribution in [0.1, 0.15) is 0 Å². The van der Waals surface area contributed by atoms with E-state index < -0.39 is 0 Å². The third-order valence-corrected chi connectivity index (χ3v) is 2.39. The van der Waals surface area contributed by atoms with Crippen LogP contribution in [-0.4, -0.2) is 15.0 Å². The lowest BCUT2D eigenvalue weighted by atomic mass is 10.1. The molecule has 3 rings (SSSR count). The second-order valence-electron chi connectivity index (χ2n) is 3.33. The van der Waals surface area contributed by atoms with Gasteiger partial charge in [-0.3, -0.25) is 0 Å². The molecule has 0 unspecified atom stereocenters. The second kappa shape index (κ2) is 3.20. The molecule has 3 heteroatoms. The van der Waals surface area contributed by atoms with Gasteiger partial charge in [-0.05, 0) is 6.07 Å². The number of hydrogen-bond acceptors (Lipinski definition) is 2. The number of H-pyrrole nitrogens is 1. The standard InChI is InChI=1S/C12H9N3/c1-2-4-9(5-3-1)11-12-10(6-7-13-12)14-8-15-11/h1-8,13H. The van der Waals surface area contributed by atoms with Gasteiger partial charge in [-0.15, -0.1) is 0 Å². The van der Waals surface area contributed by atoms with Gasteiger partial charge in [0.05, 0.1) is 16.7 Å². The smallest absolute Gasteiger partial charge is 0.116 e. The Bertz CT molecular complexity index is 584. The van der Waals surface area contributed by atoms with E-state index in [1.807, 2.05) is 42.6 Å². The number of hydrogen-bond donors (Lipinski definition) is 1. The molecule has 2 aromatic heterocycles. The summed E-state index contributed by atoms with van der Waals surface area (Å²) in [7, 11) is 0. The quantitative estimate of drug-likeness (QED) is 0.648. The summed E-state index contributed by atoms with van der Waals surface area (Å²) in [6.45, 7) is 0. The van der Waals surface area contributed by atoms with Gasteiger partial charge in [0, 0.05) is 11.8 Å². The van der Waals surface area contributed by atoms with Gasteiger partial charge < -0.3 is 4.98 Å². The van der Waals surface area contributed by atoms with Crippen molar-refractivity contribution in [2.24, 2.45) is 0 Å². The Morgan fingerprint density at radius 1 is 0.933 bits per heavy atom. The third-order valence-electron chi connectivity index (χ3n) is 2.39. The monoisotopic (exact) mass is 195 g/mol. The van der Waals surface area contributed by atoms with Crippen LogP contribution in [0.2, 0.25) is 0 Å². The van der Waals surface area contributed by atoms with Crippen LogP contribution in [0.4, 0.5) is 0 Å². The first-order valence-corrected chi connectivity index (χ1v) is 4.78. The van der Waals surface area contributed by atoms with Gasteiger partial charge in [-0.25, -0.2) is 9.97 Å². The van der Waals surface area contributed by atoms with Crippen LogP contribution in [0.15, 0.2) is 48.9 Å². The normalized spacial score (nSPS) is 10.7. The van der Waals surface area contributed by atoms with Crippen molar-refractivity contribution >= 4 is 11.0 Å². The van der Waals surface area contributed by atoms with Gasteiger partial charge >= 0.3 is 0 Å². The first-order valence-electron chi connectivity index (χ1n) is 4.78. The first kappa shape index (κ1) is 8.17. The molecule has 1 N–H and O–H groups in total. The minimum Gasteiger partial charge on any atom is -0.358 e. The van der Waals surface area contributed by atoms with Crippen molar-refractivity contribution < 1.29 is 0 Å². The van der Waals surface area contributed by atoms with Crippen molar-refractivity contribution in [3.63, 3.8) is 0 Å². The Kier molecular flexibility index (Phi) is 1.75. The molecule has 0 saturated carbocycles. The van der Waals surface area contributed by atoms with E-state index in [-0.39, 0.29) is 0 Å². The maximum Gasteiger partial charge on any atom is 0.116 e. The van der Waals surface area contributed by atoms with E-state index in [4.69, 9.17) is 0 Å². The van der Waals surface area contributed by atoms with Crippen molar-refractivity contribution in [3.8, 4) is 11.3 Å². The highest BCUT2D eigenvalue weighted by Crippen LogP contribution is 2.23. The van der Waals surface area contributed by atoms with Crippen molar-refractivity contribution in [2.75, 3.05) is 0 Å². The van der Waals surface area contributed by atoms with E-state index in [1.165, 1.54) is 0 Å². The molecule has 1 aromatic carbocycles. The van der Waals surface area contributed by atoms with Crippen molar-refractivity contribution in [3.05, 3.63) is 48.9 Å². The molecular weight excluding hydrogens is 186 g/mol. The van der Waals surface area contributed by atoms with Crippen molar-refractivity contribution in [1.82, 2.24) is 15.0 Å². The zero-order chi connectivity index (χ0) is 10.1. The van der Waals surface area contributed by atoms with Crippen LogP contribution in [0, 0.1) is 0 Å². The molecule has 0 fully saturated rings. The van der Waals surface area contributed by atoms with Crippen LogP contribution in [-0.2, 0) is 0 Å². The highest BCUT2D eigenvalue weighted by atomic mass is 14.9. The summed E-state index contributed by atoms with van der Waals surface area (Å²) in [5.74, 6) is 0. The topological polar surface area (TPSA) is 41.6 Å². The number of aromatic amines is 1. The summed E-state index contributed by atoms with van der Waals surface area (Å²) in [5, 5.41) is 0. The summed E-state index contributed by atoms with van der Waals surface area (Å²) in [5.41, 5.74) is 3.99. The number of rotatable bonds is 1. The molecule has 0 amide bonds. The average Bonchev–Trinajstić information content (AvgIpc) is 2.78. The molecular formula is C12H9N3. The minimum absolute atomic E-state index is 0.948. The van der Waals surface area contributed by atoms with Crippen LogP contribution in [0.25, 0.3) is 22.3 Å². The molecule has 0 aliphatic rings. The highest BCUT2D eigenvalue weighted by molar-refractivity contribution is 5.88. The lowest BCUT2D eigenvalue weighted by Crippen LogP contribution is -1.86. The minimum atomic E-state index is 0.948. The van der Waals surface area contributed by atoms with Gasteiger partial charge in [-0.1, -0.05) is 30.3 Å². The van der Waals surface area contributed by atoms with Gasteiger partial charge in [-0.2, -0.15) is 0 Å². The maximum absolute atomic E-state index is 4.31. The molecule has 0 atom stereocenters. The fourth-order valence-corrected chi connectivity index (χ4v) is 1.69. The number of nitrogens with zero attached hydrogens (tertiary/aromatic N) is 2. The van der Waals surface area contributed by atoms with Gasteiger partial charge in [0.2, 0.25) is 0 Å². The molecule has 15 heavy (non-hydrogen) atoms. The molecule has 0 aliphatic heterocycles. The Labute approximate surface area is 86.8 Å². The highest BCUT2D eigenvalue weighted by Gasteiger charge is 2.05. The predicted octanol–water partition coefficient (Wildman–Crippen LogP) is 2.62. The third kappa shape index (κ3) is 1.29. The SMILES string of the molecule is c1ccc(-c2ncnc3cc[nH]c23)cc1. The number of aromatic nitrogens is 3. The maximum atomic E-state index is 4.31. The predicted molar refractivity (Wildman–Crippen MR) is 59.3 cm³/mol. The summed E-state index contributed by atoms with van der Waals surface area (Å²) < 4.78 is 0. The lowest BCUT2D eigenvalue weighted by Gasteiger charge is -2.00. The lowest BCUT2D eigenvalue weighted by molar-refractivity contribution is 1.22. The number of nitrogens with one attached hydrogen (secondary N) is 1. The largest absolute Gasteiger partial charge is 0.358 e. The molecule has 72 valence electrons. The van der Waals surface area contributed by atoms with Crippen LogP contribution >= 0.6 is 0 Å². The van der Waals surface area contributed by atoms with E-state index in [0.717, 1.165) is 22.3 Å². The summed E-state index contributed by atoms with van der Waals surface area (Å²) in [4.78, 5) is 11.7. The van der Waals surface area contributed by atoms with Crippen LogP contribution in [0.3, 0.4) is 0 Å². The zero-order valence-electron chi connectivity index (χ0n) is 8.01. The first-order chi connectivity index (χ1) is 7.45. The molecule has 2 heterocycles. The second-order valence-corrected chi connectivity index (χ2v) is 3.33. The molecule has 3 nitrogen and oxygen atoms in total. The van der Waals surface area contributed by atoms with Crippen molar-refractivity contribution in [2.45, 2.75) is 0 Å². The average molecular weight is 195 g/mol. The summed E-state index contributed by atoms with van der Waals surface area (Å²) in [6, 6.07) is 12.0. The summed E-state index contributed by atoms with van der Waals surface area (Å²) in [6.07, 6.45) is 3.48. The van der Waals surface area contributed by atoms with E-state index in [1.54, 1.807) is 6.33 Å². The van der Waals surface area contributed by atoms with Gasteiger partial charge in [0.1, 0.15) is 6.33 Å². The molecule has 3 aromatic rings. The van der Waals surface area contributed by atoms with E-state index in [9.17, 15) is 0 Å². The van der Waals surface area contributed by atoms with Gasteiger partial charge in [0.25, 0.3) is 0 Å². The molecule has 0 saturated heterocycles. The zero-order valence-corrected chi connectivity index (χ0v) is 8.01. The molecule has 0 bridgehead atoms. The Morgan fingerprint density at radius 2 is 1.80 bits per heavy atom. The van der Waals surface area contributed by atoms with Crippen LogP contribution < -0.4 is 0 Å². The fraction of sp³-hybridized carbons (Fsp3) is 0. The van der Waals surface area contributed by atoms with E-state index in [2.05, 4.69) is 15.0 Å². The van der Waals surface area contributed by atoms with Gasteiger partial charge in [0.15, 0.2) is 0 Å².